The number of carbonyl (C=O) groups excluding carboxylic acids is 3. The van der Waals surface area contributed by atoms with E-state index < -0.39 is 40.1 Å². The van der Waals surface area contributed by atoms with Gasteiger partial charge in [-0.1, -0.05) is 32.4 Å². The van der Waals surface area contributed by atoms with E-state index in [1.807, 2.05) is 13.8 Å². The molecule has 0 bridgehead atoms. The van der Waals surface area contributed by atoms with E-state index in [1.54, 1.807) is 19.9 Å². The molecule has 0 aromatic rings. The van der Waals surface area contributed by atoms with E-state index in [9.17, 15) is 19.5 Å². The second kappa shape index (κ2) is 7.49. The second-order valence-corrected chi connectivity index (χ2v) is 10.8. The second-order valence-electron chi connectivity index (χ2n) is 10.5. The molecule has 0 amide bonds. The number of aliphatic hydroxyl groups excluding tert-OH is 1. The van der Waals surface area contributed by atoms with E-state index in [2.05, 4.69) is 0 Å². The summed E-state index contributed by atoms with van der Waals surface area (Å²) in [5.41, 5.74) is -4.83. The summed E-state index contributed by atoms with van der Waals surface area (Å²) in [6.45, 7) is 7.13. The zero-order valence-electron chi connectivity index (χ0n) is 19.1. The zero-order chi connectivity index (χ0) is 23.7. The Kier molecular flexibility index (Phi) is 5.53. The topological polar surface area (TPSA) is 80.7 Å². The maximum Gasteiger partial charge on any atom is 0.306 e. The summed E-state index contributed by atoms with van der Waals surface area (Å²) < 4.78 is 23.1. The molecule has 0 unspecified atom stereocenters. The van der Waals surface area contributed by atoms with Gasteiger partial charge >= 0.3 is 5.97 Å². The molecule has 0 aliphatic heterocycles. The average molecular weight is 467 g/mol. The summed E-state index contributed by atoms with van der Waals surface area (Å²) in [5.74, 6) is -2.57. The van der Waals surface area contributed by atoms with Crippen molar-refractivity contribution < 1.29 is 28.6 Å². The Morgan fingerprint density at radius 2 is 2.00 bits per heavy atom. The third kappa shape index (κ3) is 2.68. The highest BCUT2D eigenvalue weighted by Gasteiger charge is 2.77. The van der Waals surface area contributed by atoms with E-state index in [4.69, 9.17) is 16.3 Å². The number of carbonyl (C=O) groups is 3. The smallest absolute Gasteiger partial charge is 0.306 e. The van der Waals surface area contributed by atoms with Crippen molar-refractivity contribution in [2.75, 3.05) is 5.88 Å². The van der Waals surface area contributed by atoms with Crippen LogP contribution in [0.3, 0.4) is 0 Å². The summed E-state index contributed by atoms with van der Waals surface area (Å²) >= 11 is 6.01. The van der Waals surface area contributed by atoms with Gasteiger partial charge < -0.3 is 9.84 Å². The van der Waals surface area contributed by atoms with Crippen molar-refractivity contribution in [1.82, 2.24) is 0 Å². The lowest BCUT2D eigenvalue weighted by Gasteiger charge is -2.62. The molecular formula is C25H32ClFO5. The van der Waals surface area contributed by atoms with E-state index >= 15 is 4.39 Å². The van der Waals surface area contributed by atoms with E-state index in [1.165, 1.54) is 12.2 Å². The highest BCUT2D eigenvalue weighted by molar-refractivity contribution is 6.29. The third-order valence-electron chi connectivity index (χ3n) is 9.28. The van der Waals surface area contributed by atoms with Gasteiger partial charge in [-0.25, -0.2) is 4.39 Å². The average Bonchev–Trinajstić information content (AvgIpc) is 2.96. The van der Waals surface area contributed by atoms with Gasteiger partial charge in [0.2, 0.25) is 0 Å². The number of Topliss-reactive ketones (excluding diaryl/α,β-unsaturated/α-hetero) is 1. The molecule has 0 aromatic carbocycles. The van der Waals surface area contributed by atoms with Gasteiger partial charge in [0.15, 0.2) is 22.8 Å². The molecule has 0 saturated heterocycles. The van der Waals surface area contributed by atoms with Crippen LogP contribution in [0.2, 0.25) is 0 Å². The van der Waals surface area contributed by atoms with Crippen LogP contribution in [0.5, 0.6) is 0 Å². The fraction of sp³-hybridized carbons (Fsp3) is 0.720. The van der Waals surface area contributed by atoms with Crippen LogP contribution in [0.4, 0.5) is 4.39 Å². The number of esters is 1. The predicted octanol–water partition coefficient (Wildman–Crippen LogP) is 4.10. The largest absolute Gasteiger partial charge is 0.450 e. The van der Waals surface area contributed by atoms with Crippen LogP contribution in [0.25, 0.3) is 0 Å². The van der Waals surface area contributed by atoms with Crippen molar-refractivity contribution >= 4 is 29.1 Å². The quantitative estimate of drug-likeness (QED) is 0.498. The summed E-state index contributed by atoms with van der Waals surface area (Å²) in [5, 5.41) is 11.4. The first-order valence-corrected chi connectivity index (χ1v) is 12.1. The monoisotopic (exact) mass is 466 g/mol. The standard InChI is InChI=1S/C25H32ClFO5/c1-5-21(31)32-25(20(30)13-26)14(2)10-18-17-7-6-15-11-16(28)8-9-22(15,3)24(17,27)19(29)12-23(18,25)4/h8-9,11,14,17-19,29H,5-7,10,12-13H2,1-4H3/t14-,17+,18-,19-,22+,23-,24+,25+/m1/s1. The number of allylic oxidation sites excluding steroid dienone is 4. The van der Waals surface area contributed by atoms with Crippen LogP contribution in [-0.2, 0) is 19.1 Å². The highest BCUT2D eigenvalue weighted by atomic mass is 35.5. The first kappa shape index (κ1) is 23.6. The van der Waals surface area contributed by atoms with Crippen LogP contribution in [-0.4, -0.2) is 45.9 Å². The van der Waals surface area contributed by atoms with Crippen LogP contribution < -0.4 is 0 Å². The number of hydrogen-bond donors (Lipinski definition) is 1. The molecule has 4 rings (SSSR count). The van der Waals surface area contributed by atoms with E-state index in [0.717, 1.165) is 0 Å². The molecule has 0 radical (unpaired) electrons. The number of fused-ring (bicyclic) bond motifs is 5. The molecular weight excluding hydrogens is 435 g/mol. The molecule has 4 aliphatic rings. The van der Waals surface area contributed by atoms with Crippen molar-refractivity contribution in [3.63, 3.8) is 0 Å². The predicted molar refractivity (Wildman–Crippen MR) is 118 cm³/mol. The molecule has 4 aliphatic carbocycles. The molecule has 3 fully saturated rings. The lowest BCUT2D eigenvalue weighted by molar-refractivity contribution is -0.227. The number of halogens is 2. The molecule has 1 N–H and O–H groups in total. The number of ketones is 2. The number of alkyl halides is 2. The van der Waals surface area contributed by atoms with Gasteiger partial charge in [-0.05, 0) is 50.7 Å². The molecule has 176 valence electrons. The lowest BCUT2D eigenvalue weighted by atomic mass is 9.44. The Morgan fingerprint density at radius 1 is 1.31 bits per heavy atom. The fourth-order valence-electron chi connectivity index (χ4n) is 7.75. The molecule has 0 heterocycles. The van der Waals surface area contributed by atoms with Crippen LogP contribution in [0.1, 0.15) is 59.8 Å². The zero-order valence-corrected chi connectivity index (χ0v) is 19.9. The van der Waals surface area contributed by atoms with Crippen molar-refractivity contribution in [3.05, 3.63) is 23.8 Å². The number of rotatable bonds is 4. The normalized spacial score (nSPS) is 47.2. The molecule has 7 heteroatoms. The Morgan fingerprint density at radius 3 is 2.62 bits per heavy atom. The van der Waals surface area contributed by atoms with Gasteiger partial charge in [0.05, 0.1) is 12.0 Å². The van der Waals surface area contributed by atoms with Crippen molar-refractivity contribution in [2.24, 2.45) is 28.6 Å². The van der Waals surface area contributed by atoms with Gasteiger partial charge in [-0.2, -0.15) is 0 Å². The van der Waals surface area contributed by atoms with Gasteiger partial charge in [0.25, 0.3) is 0 Å². The van der Waals surface area contributed by atoms with Gasteiger partial charge in [-0.15, -0.1) is 11.6 Å². The minimum Gasteiger partial charge on any atom is -0.450 e. The number of ether oxygens (including phenoxy) is 1. The summed E-state index contributed by atoms with van der Waals surface area (Å²) in [6, 6.07) is 0. The molecule has 0 spiro atoms. The minimum absolute atomic E-state index is 0.0285. The van der Waals surface area contributed by atoms with Gasteiger partial charge in [0, 0.05) is 29.1 Å². The van der Waals surface area contributed by atoms with Gasteiger partial charge in [0.1, 0.15) is 0 Å². The van der Waals surface area contributed by atoms with Crippen molar-refractivity contribution in [2.45, 2.75) is 77.2 Å². The molecule has 3 saturated carbocycles. The van der Waals surface area contributed by atoms with E-state index in [-0.39, 0.29) is 42.1 Å². The summed E-state index contributed by atoms with van der Waals surface area (Å²) in [7, 11) is 0. The summed E-state index contributed by atoms with van der Waals surface area (Å²) in [4.78, 5) is 37.7. The first-order valence-electron chi connectivity index (χ1n) is 11.5. The SMILES string of the molecule is CCC(=O)O[C@]1(C(=O)CCl)[C@H](C)C[C@@H]2[C@@H]3CCC4=CC(=O)C=C[C@]4(C)[C@@]3(F)[C@H](O)C[C@]21C. The minimum atomic E-state index is -1.99. The maximum atomic E-state index is 17.2. The van der Waals surface area contributed by atoms with Crippen LogP contribution >= 0.6 is 11.6 Å². The molecule has 32 heavy (non-hydrogen) atoms. The molecule has 0 aromatic heterocycles. The Labute approximate surface area is 193 Å². The van der Waals surface area contributed by atoms with Gasteiger partial charge in [-0.3, -0.25) is 14.4 Å². The van der Waals surface area contributed by atoms with Crippen molar-refractivity contribution in [1.29, 1.82) is 0 Å². The Bertz CT molecular complexity index is 929. The number of hydrogen-bond acceptors (Lipinski definition) is 5. The summed E-state index contributed by atoms with van der Waals surface area (Å²) in [6.07, 6.45) is 4.67. The fourth-order valence-corrected chi connectivity index (χ4v) is 7.95. The van der Waals surface area contributed by atoms with Crippen LogP contribution in [0.15, 0.2) is 23.8 Å². The van der Waals surface area contributed by atoms with E-state index in [0.29, 0.717) is 24.8 Å². The maximum absolute atomic E-state index is 17.2. The molecule has 5 nitrogen and oxygen atoms in total. The molecule has 8 atom stereocenters. The number of aliphatic hydroxyl groups is 1. The van der Waals surface area contributed by atoms with Crippen molar-refractivity contribution in [3.8, 4) is 0 Å². The Hall–Kier alpha value is -1.53. The first-order chi connectivity index (χ1) is 14.9. The lowest BCUT2D eigenvalue weighted by Crippen LogP contribution is -2.70. The van der Waals surface area contributed by atoms with Crippen LogP contribution in [0, 0.1) is 28.6 Å². The third-order valence-corrected chi connectivity index (χ3v) is 9.52. The highest BCUT2D eigenvalue weighted by Crippen LogP contribution is 2.71. The Balaban J connectivity index is 1.85.